The monoisotopic (exact) mass is 1930 g/mol. The third-order valence-corrected chi connectivity index (χ3v) is 26.1. The molecule has 0 radical (unpaired) electrons. The molecule has 0 aliphatic rings. The van der Waals surface area contributed by atoms with Crippen LogP contribution >= 0.6 is 46.6 Å². The lowest BCUT2D eigenvalue weighted by Gasteiger charge is -2.27. The first-order chi connectivity index (χ1) is 64.2. The van der Waals surface area contributed by atoms with Crippen molar-refractivity contribution in [3.63, 3.8) is 0 Å². The average molecular weight is 1940 g/mol. The fraction of sp³-hybridized carbons (Fsp3) is 0.455. The van der Waals surface area contributed by atoms with Crippen molar-refractivity contribution in [2.45, 2.75) is 217 Å². The predicted molar refractivity (Wildman–Crippen MR) is 570 cm³/mol. The van der Waals surface area contributed by atoms with Crippen LogP contribution in [-0.4, -0.2) is 177 Å². The minimum Gasteiger partial charge on any atom is -0.488 e. The molecule has 4 aromatic heterocycles. The molecular weight excluding hydrogens is 1780 g/mol. The number of anilines is 6. The number of thioether (sulfide) groups is 3. The Hall–Kier alpha value is -10.9. The number of likely N-dealkylation sites (N-methyl/N-ethyl adjacent to an activating group) is 2. The molecule has 6 aromatic carbocycles. The molecule has 22 nitrogen and oxygen atoms in total. The van der Waals surface area contributed by atoms with Gasteiger partial charge in [-0.1, -0.05) is 217 Å². The number of benzene rings is 6. The lowest BCUT2D eigenvalue weighted by Crippen LogP contribution is -2.35. The fourth-order valence-electron chi connectivity index (χ4n) is 14.1. The van der Waals surface area contributed by atoms with Crippen LogP contribution in [0.4, 0.5) is 34.1 Å². The number of ether oxygens (including phenoxy) is 3. The number of thiophene rings is 1. The van der Waals surface area contributed by atoms with E-state index in [-0.39, 0.29) is 58.8 Å². The van der Waals surface area contributed by atoms with Crippen LogP contribution in [0, 0.1) is 0 Å². The highest BCUT2D eigenvalue weighted by Gasteiger charge is 2.27. The molecule has 0 unspecified atom stereocenters. The van der Waals surface area contributed by atoms with E-state index in [0.29, 0.717) is 47.4 Å². The largest absolute Gasteiger partial charge is 0.488 e. The van der Waals surface area contributed by atoms with Gasteiger partial charge in [-0.15, -0.1) is 11.3 Å². The van der Waals surface area contributed by atoms with Gasteiger partial charge in [0.1, 0.15) is 56.6 Å². The quantitative estimate of drug-likeness (QED) is 0.0222. The average Bonchev–Trinajstić information content (AvgIpc) is 0.827. The topological polar surface area (TPSA) is 272 Å². The third-order valence-electron chi connectivity index (χ3n) is 21.9. The zero-order chi connectivity index (χ0) is 100. The first-order valence-corrected chi connectivity index (χ1v) is 51.2. The maximum Gasteiger partial charge on any atom is 0.341 e. The van der Waals surface area contributed by atoms with Crippen molar-refractivity contribution in [1.82, 2.24) is 15.0 Å². The van der Waals surface area contributed by atoms with Gasteiger partial charge >= 0.3 is 29.8 Å². The van der Waals surface area contributed by atoms with Crippen LogP contribution in [0.3, 0.4) is 0 Å². The van der Waals surface area contributed by atoms with Crippen LogP contribution in [0.25, 0.3) is 0 Å². The Morgan fingerprint density at radius 1 is 0.324 bits per heavy atom. The number of nitrogens with zero attached hydrogens (tertiary/aromatic N) is 9. The molecule has 136 heavy (non-hydrogen) atoms. The minimum atomic E-state index is -1.16. The molecule has 5 N–H and O–H groups in total. The molecule has 0 atom stereocenters. The minimum absolute atomic E-state index is 0.0822. The summed E-state index contributed by atoms with van der Waals surface area (Å²) in [4.78, 5) is 82.8. The number of hydrogen-bond acceptors (Lipinski definition) is 21. The molecule has 0 spiro atoms. The second kappa shape index (κ2) is 56.1. The molecule has 4 heterocycles. The Morgan fingerprint density at radius 2 is 0.640 bits per heavy atom. The normalized spacial score (nSPS) is 11.5. The zero-order valence-electron chi connectivity index (χ0n) is 84.5. The molecule has 0 saturated carbocycles. The summed E-state index contributed by atoms with van der Waals surface area (Å²) in [5, 5.41) is 48.0. The van der Waals surface area contributed by atoms with Gasteiger partial charge < -0.3 is 69.1 Å². The van der Waals surface area contributed by atoms with Gasteiger partial charge in [-0.3, -0.25) is 34.1 Å². The number of carboxylic acids is 5. The van der Waals surface area contributed by atoms with Crippen molar-refractivity contribution in [3.8, 4) is 17.2 Å². The van der Waals surface area contributed by atoms with Gasteiger partial charge in [0.05, 0.1) is 60.3 Å². The first-order valence-electron chi connectivity index (χ1n) is 46.9. The Balaban J connectivity index is 0.000000266. The SMILES string of the molecule is CC(C)(C)c1ccc(N(Cc2ccccn2)Cc2ccccn2)cc1.CC(C)(C)c1ccc(N(Cc2ccccn2)Cc2cccs2)cc1.CCCSCCN(CCSCCSCC)c1ccc(C(C)(C)C)cc1.CCN(CC(=O)O)c1ccc(C(C)(C)C)cc1OCC(=O)O.CCN(CC(=O)O)c1ccc(C(C)(C)C)cc1OCCOc1cc(C(C)(C)C)ccc1N(CC(=O)O)CC(=O)O. The van der Waals surface area contributed by atoms with Gasteiger partial charge in [-0.05, 0) is 218 Å². The van der Waals surface area contributed by atoms with E-state index in [0.717, 1.165) is 73.0 Å². The second-order valence-corrected chi connectivity index (χ2v) is 44.1. The molecule has 0 aliphatic carbocycles. The molecule has 0 aliphatic heterocycles. The van der Waals surface area contributed by atoms with Crippen LogP contribution < -0.4 is 43.6 Å². The summed E-state index contributed by atoms with van der Waals surface area (Å²) in [5.74, 6) is 3.49. The van der Waals surface area contributed by atoms with Crippen molar-refractivity contribution in [2.24, 2.45) is 0 Å². The molecule has 26 heteroatoms. The molecule has 0 amide bonds. The Morgan fingerprint density at radius 3 is 0.941 bits per heavy atom. The van der Waals surface area contributed by atoms with Crippen molar-refractivity contribution in [2.75, 3.05) is 136 Å². The summed E-state index contributed by atoms with van der Waals surface area (Å²) in [5.41, 5.74) is 15.7. The Bertz CT molecular complexity index is 5140. The van der Waals surface area contributed by atoms with Gasteiger partial charge in [0, 0.05) is 89.7 Å². The Kier molecular flexibility index (Phi) is 46.9. The zero-order valence-corrected chi connectivity index (χ0v) is 87.8. The van der Waals surface area contributed by atoms with E-state index in [2.05, 4.69) is 259 Å². The van der Waals surface area contributed by atoms with Gasteiger partial charge in [-0.25, -0.2) is 4.79 Å². The third kappa shape index (κ3) is 41.2. The standard InChI is InChI=1S/C30H42N2O8.C22H25N3.C21H24N2S.C21H37NS3.C16H23NO5/c1-8-31(17-26(33)34)22-11-9-20(29(2,3)4)15-24(22)39-13-14-40-25-16-21(30(5,6)7)10-12-23(25)32(18-27(35)36)19-28(37)38;1-22(2,3)18-10-12-21(13-11-18)25(16-19-8-4-6-14-23-19)17-20-9-5-7-15-24-20;1-21(2,3)17-9-11-19(12-10-17)23(16-20-8-6-14-24-20)15-18-7-4-5-13-22-18;1-6-14-24-15-12-22(13-16-25-18-17-23-7-2)20-10-8-19(9-11-20)21(3,4)5;1-5-17(9-14(18)19)12-7-6-11(16(2,3)4)8-13(12)22-10-15(20)21/h9-12,15-16H,8,13-14,17-19H2,1-7H3,(H,33,34)(H,35,36)(H,37,38);4-15H,16-17H2,1-3H3;4-14H,15-16H2,1-3H3;8-11H,6-7,12-18H2,1-5H3;6-8H,5,9-10H2,1-4H3,(H,18,19)(H,20,21). The predicted octanol–water partition coefficient (Wildman–Crippen LogP) is 24.0. The van der Waals surface area contributed by atoms with Gasteiger partial charge in [-0.2, -0.15) is 35.3 Å². The molecular formula is C110H151N9O13S4. The van der Waals surface area contributed by atoms with Crippen LogP contribution in [0.1, 0.15) is 214 Å². The number of rotatable bonds is 44. The summed E-state index contributed by atoms with van der Waals surface area (Å²) < 4.78 is 17.6. The van der Waals surface area contributed by atoms with E-state index in [1.807, 2.05) is 152 Å². The Labute approximate surface area is 827 Å². The van der Waals surface area contributed by atoms with E-state index in [4.69, 9.17) is 24.4 Å². The smallest absolute Gasteiger partial charge is 0.341 e. The lowest BCUT2D eigenvalue weighted by molar-refractivity contribution is -0.139. The summed E-state index contributed by atoms with van der Waals surface area (Å²) in [6.07, 6.45) is 6.82. The van der Waals surface area contributed by atoms with Crippen molar-refractivity contribution < 1.29 is 63.7 Å². The highest BCUT2D eigenvalue weighted by molar-refractivity contribution is 8.02. The lowest BCUT2D eigenvalue weighted by atomic mass is 9.87. The van der Waals surface area contributed by atoms with Crippen molar-refractivity contribution in [3.05, 3.63) is 273 Å². The molecule has 10 aromatic rings. The first kappa shape index (κ1) is 114. The maximum absolute atomic E-state index is 11.5. The molecule has 738 valence electrons. The van der Waals surface area contributed by atoms with Crippen molar-refractivity contribution in [1.29, 1.82) is 0 Å². The van der Waals surface area contributed by atoms with Crippen LogP contribution in [0.5, 0.6) is 17.2 Å². The summed E-state index contributed by atoms with van der Waals surface area (Å²) in [6.45, 7) is 51.8. The molecule has 0 bridgehead atoms. The number of aromatic nitrogens is 3. The van der Waals surface area contributed by atoms with Crippen LogP contribution in [0.15, 0.2) is 218 Å². The van der Waals surface area contributed by atoms with E-state index in [1.165, 1.54) is 84.5 Å². The number of hydrogen-bond donors (Lipinski definition) is 5. The van der Waals surface area contributed by atoms with E-state index >= 15 is 0 Å². The van der Waals surface area contributed by atoms with E-state index in [9.17, 15) is 39.3 Å². The second-order valence-electron chi connectivity index (χ2n) is 39.2. The van der Waals surface area contributed by atoms with Gasteiger partial charge in [0.15, 0.2) is 6.61 Å². The maximum atomic E-state index is 11.5. The number of aliphatic carboxylic acids is 5. The van der Waals surface area contributed by atoms with Gasteiger partial charge in [0.2, 0.25) is 0 Å². The van der Waals surface area contributed by atoms with Gasteiger partial charge in [0.25, 0.3) is 0 Å². The van der Waals surface area contributed by atoms with Crippen molar-refractivity contribution >= 4 is 111 Å². The summed E-state index contributed by atoms with van der Waals surface area (Å²) in [7, 11) is 0. The van der Waals surface area contributed by atoms with E-state index < -0.39 is 49.5 Å². The number of carboxylic acid groups (broad SMARTS) is 5. The summed E-state index contributed by atoms with van der Waals surface area (Å²) in [6, 6.07) is 66.1. The molecule has 10 rings (SSSR count). The highest BCUT2D eigenvalue weighted by Crippen LogP contribution is 2.39. The van der Waals surface area contributed by atoms with Crippen LogP contribution in [0.2, 0.25) is 0 Å². The molecule has 0 saturated heterocycles. The highest BCUT2D eigenvalue weighted by atomic mass is 32.2. The fourth-order valence-corrected chi connectivity index (χ4v) is 17.5. The number of carbonyl (C=O) groups is 5. The summed E-state index contributed by atoms with van der Waals surface area (Å²) >= 11 is 8.03. The van der Waals surface area contributed by atoms with E-state index in [1.54, 1.807) is 45.4 Å². The van der Waals surface area contributed by atoms with Crippen LogP contribution in [-0.2, 0) is 82.6 Å². The number of pyridine rings is 3. The molecule has 0 fully saturated rings.